The molecule has 1 aromatic heterocycles. The Labute approximate surface area is 124 Å². The topological polar surface area (TPSA) is 47.0 Å². The molecular weight excluding hydrogens is 306 g/mol. The van der Waals surface area contributed by atoms with Crippen molar-refractivity contribution in [1.82, 2.24) is 9.97 Å². The third kappa shape index (κ3) is 4.14. The highest BCUT2D eigenvalue weighted by Gasteiger charge is 2.26. The van der Waals surface area contributed by atoms with Crippen LogP contribution >= 0.6 is 15.9 Å². The zero-order chi connectivity index (χ0) is 14.6. The van der Waals surface area contributed by atoms with Crippen LogP contribution in [0.2, 0.25) is 0 Å². The van der Waals surface area contributed by atoms with Crippen LogP contribution in [-0.2, 0) is 16.8 Å². The lowest BCUT2D eigenvalue weighted by atomic mass is 10.1. The van der Waals surface area contributed by atoms with Crippen LogP contribution in [0.5, 0.6) is 0 Å². The first-order valence-electron chi connectivity index (χ1n) is 6.67. The SMILES string of the molecule is CCNc1nc(C(C)(C)OC)nc(CC(C)C)c1Br. The largest absolute Gasteiger partial charge is 0.371 e. The first-order chi connectivity index (χ1) is 8.81. The van der Waals surface area contributed by atoms with Gasteiger partial charge in [0, 0.05) is 13.7 Å². The van der Waals surface area contributed by atoms with Crippen molar-refractivity contribution >= 4 is 21.7 Å². The number of methoxy groups -OCH3 is 1. The molecule has 19 heavy (non-hydrogen) atoms. The summed E-state index contributed by atoms with van der Waals surface area (Å²) in [5.74, 6) is 2.09. The van der Waals surface area contributed by atoms with Gasteiger partial charge in [0.1, 0.15) is 11.4 Å². The lowest BCUT2D eigenvalue weighted by Crippen LogP contribution is -2.25. The summed E-state index contributed by atoms with van der Waals surface area (Å²) < 4.78 is 6.45. The molecular formula is C14H24BrN3O. The second kappa shape index (κ2) is 6.66. The van der Waals surface area contributed by atoms with E-state index >= 15 is 0 Å². The summed E-state index contributed by atoms with van der Waals surface area (Å²) >= 11 is 3.61. The molecule has 0 unspecified atom stereocenters. The van der Waals surface area contributed by atoms with Gasteiger partial charge in [-0.15, -0.1) is 0 Å². The van der Waals surface area contributed by atoms with E-state index in [2.05, 4.69) is 52.0 Å². The van der Waals surface area contributed by atoms with Crippen LogP contribution in [0.15, 0.2) is 4.47 Å². The van der Waals surface area contributed by atoms with E-state index in [1.54, 1.807) is 7.11 Å². The standard InChI is InChI=1S/C14H24BrN3O/c1-7-16-12-11(15)10(8-9(2)3)17-13(18-12)14(4,5)19-6/h9H,7-8H2,1-6H3,(H,16,17,18). The van der Waals surface area contributed by atoms with Gasteiger partial charge < -0.3 is 10.1 Å². The molecule has 0 radical (unpaired) electrons. The number of aromatic nitrogens is 2. The highest BCUT2D eigenvalue weighted by Crippen LogP contribution is 2.29. The van der Waals surface area contributed by atoms with E-state index in [1.165, 1.54) is 0 Å². The summed E-state index contributed by atoms with van der Waals surface area (Å²) in [6.07, 6.45) is 0.911. The first-order valence-corrected chi connectivity index (χ1v) is 7.47. The number of ether oxygens (including phenoxy) is 1. The molecule has 0 amide bonds. The van der Waals surface area contributed by atoms with Crippen molar-refractivity contribution in [2.75, 3.05) is 19.0 Å². The van der Waals surface area contributed by atoms with Gasteiger partial charge in [-0.25, -0.2) is 9.97 Å². The number of halogens is 1. The number of rotatable bonds is 6. The quantitative estimate of drug-likeness (QED) is 0.863. The molecule has 0 aliphatic heterocycles. The smallest absolute Gasteiger partial charge is 0.162 e. The molecule has 0 atom stereocenters. The Bertz CT molecular complexity index is 433. The summed E-state index contributed by atoms with van der Waals surface area (Å²) in [6, 6.07) is 0. The normalized spacial score (nSPS) is 12.0. The van der Waals surface area contributed by atoms with Gasteiger partial charge in [0.15, 0.2) is 5.82 Å². The molecule has 108 valence electrons. The Morgan fingerprint density at radius 2 is 1.95 bits per heavy atom. The van der Waals surface area contributed by atoms with Crippen molar-refractivity contribution in [3.05, 3.63) is 16.0 Å². The molecule has 0 spiro atoms. The van der Waals surface area contributed by atoms with E-state index in [9.17, 15) is 0 Å². The number of nitrogens with one attached hydrogen (secondary N) is 1. The van der Waals surface area contributed by atoms with Crippen LogP contribution in [-0.4, -0.2) is 23.6 Å². The van der Waals surface area contributed by atoms with Gasteiger partial charge in [0.25, 0.3) is 0 Å². The minimum absolute atomic E-state index is 0.489. The van der Waals surface area contributed by atoms with Gasteiger partial charge in [0.2, 0.25) is 0 Å². The van der Waals surface area contributed by atoms with Gasteiger partial charge in [-0.05, 0) is 49.0 Å². The predicted molar refractivity (Wildman–Crippen MR) is 82.5 cm³/mol. The first kappa shape index (κ1) is 16.4. The maximum absolute atomic E-state index is 5.49. The zero-order valence-electron chi connectivity index (χ0n) is 12.7. The summed E-state index contributed by atoms with van der Waals surface area (Å²) in [6.45, 7) is 11.2. The van der Waals surface area contributed by atoms with E-state index in [4.69, 9.17) is 4.74 Å². The average Bonchev–Trinajstić information content (AvgIpc) is 2.33. The van der Waals surface area contributed by atoms with Crippen LogP contribution < -0.4 is 5.32 Å². The van der Waals surface area contributed by atoms with E-state index in [0.29, 0.717) is 11.7 Å². The lowest BCUT2D eigenvalue weighted by Gasteiger charge is -2.23. The Morgan fingerprint density at radius 3 is 2.42 bits per heavy atom. The number of nitrogens with zero attached hydrogens (tertiary/aromatic N) is 2. The molecule has 0 aliphatic carbocycles. The summed E-state index contributed by atoms with van der Waals surface area (Å²) in [5.41, 5.74) is 0.539. The molecule has 0 saturated heterocycles. The number of hydrogen-bond acceptors (Lipinski definition) is 4. The highest BCUT2D eigenvalue weighted by atomic mass is 79.9. The number of hydrogen-bond donors (Lipinski definition) is 1. The Kier molecular flexibility index (Phi) is 5.74. The predicted octanol–water partition coefficient (Wildman–Crippen LogP) is 3.75. The van der Waals surface area contributed by atoms with Gasteiger partial charge in [-0.1, -0.05) is 13.8 Å². The summed E-state index contributed by atoms with van der Waals surface area (Å²) in [7, 11) is 1.68. The van der Waals surface area contributed by atoms with Crippen LogP contribution in [0.3, 0.4) is 0 Å². The van der Waals surface area contributed by atoms with Gasteiger partial charge >= 0.3 is 0 Å². The molecule has 0 fully saturated rings. The van der Waals surface area contributed by atoms with Crippen LogP contribution in [0, 0.1) is 5.92 Å². The van der Waals surface area contributed by atoms with Crippen molar-refractivity contribution in [2.24, 2.45) is 5.92 Å². The van der Waals surface area contributed by atoms with Gasteiger partial charge in [0.05, 0.1) is 10.2 Å². The van der Waals surface area contributed by atoms with Crippen LogP contribution in [0.25, 0.3) is 0 Å². The molecule has 0 bridgehead atoms. The molecule has 1 rings (SSSR count). The molecule has 4 nitrogen and oxygen atoms in total. The summed E-state index contributed by atoms with van der Waals surface area (Å²) in [4.78, 5) is 9.25. The number of anilines is 1. The minimum Gasteiger partial charge on any atom is -0.371 e. The van der Waals surface area contributed by atoms with E-state index < -0.39 is 5.60 Å². The molecule has 1 N–H and O–H groups in total. The minimum atomic E-state index is -0.489. The fourth-order valence-electron chi connectivity index (χ4n) is 1.66. The van der Waals surface area contributed by atoms with Crippen molar-refractivity contribution in [2.45, 2.75) is 46.6 Å². The Morgan fingerprint density at radius 1 is 1.32 bits per heavy atom. The fourth-order valence-corrected chi connectivity index (χ4v) is 2.14. The molecule has 0 aliphatic rings. The fraction of sp³-hybridized carbons (Fsp3) is 0.714. The second-order valence-corrected chi connectivity index (χ2v) is 6.29. The van der Waals surface area contributed by atoms with Crippen molar-refractivity contribution in [3.8, 4) is 0 Å². The van der Waals surface area contributed by atoms with Crippen LogP contribution in [0.4, 0.5) is 5.82 Å². The van der Waals surface area contributed by atoms with E-state index in [0.717, 1.165) is 29.0 Å². The average molecular weight is 330 g/mol. The lowest BCUT2D eigenvalue weighted by molar-refractivity contribution is 0.0113. The van der Waals surface area contributed by atoms with Crippen molar-refractivity contribution in [3.63, 3.8) is 0 Å². The van der Waals surface area contributed by atoms with Crippen molar-refractivity contribution < 1.29 is 4.74 Å². The highest BCUT2D eigenvalue weighted by molar-refractivity contribution is 9.10. The van der Waals surface area contributed by atoms with Gasteiger partial charge in [-0.2, -0.15) is 0 Å². The zero-order valence-corrected chi connectivity index (χ0v) is 14.3. The molecule has 1 aromatic rings. The van der Waals surface area contributed by atoms with E-state index in [-0.39, 0.29) is 0 Å². The maximum Gasteiger partial charge on any atom is 0.162 e. The maximum atomic E-state index is 5.49. The molecule has 5 heteroatoms. The molecule has 0 saturated carbocycles. The monoisotopic (exact) mass is 329 g/mol. The third-order valence-corrected chi connectivity index (χ3v) is 3.75. The molecule has 1 heterocycles. The van der Waals surface area contributed by atoms with E-state index in [1.807, 2.05) is 13.8 Å². The third-order valence-electron chi connectivity index (χ3n) is 2.91. The Balaban J connectivity index is 3.30. The second-order valence-electron chi connectivity index (χ2n) is 5.50. The van der Waals surface area contributed by atoms with Gasteiger partial charge in [-0.3, -0.25) is 0 Å². The summed E-state index contributed by atoms with van der Waals surface area (Å²) in [5, 5.41) is 3.27. The Hall–Kier alpha value is -0.680. The van der Waals surface area contributed by atoms with Crippen molar-refractivity contribution in [1.29, 1.82) is 0 Å². The molecule has 0 aromatic carbocycles. The van der Waals surface area contributed by atoms with Crippen LogP contribution in [0.1, 0.15) is 46.1 Å².